The number of amides is 1. The molecule has 0 saturated carbocycles. The van der Waals surface area contributed by atoms with E-state index in [1.165, 1.54) is 0 Å². The van der Waals surface area contributed by atoms with Crippen molar-refractivity contribution in [2.24, 2.45) is 0 Å². The normalized spacial score (nSPS) is 12.0. The van der Waals surface area contributed by atoms with E-state index in [0.29, 0.717) is 12.5 Å². The molecule has 0 radical (unpaired) electrons. The smallest absolute Gasteiger partial charge is 0.222 e. The number of nitrogens with zero attached hydrogens (tertiary/aromatic N) is 1. The van der Waals surface area contributed by atoms with Crippen LogP contribution < -0.4 is 5.32 Å². The molecule has 100 valence electrons. The molecule has 0 fully saturated rings. The van der Waals surface area contributed by atoms with Crippen molar-refractivity contribution < 1.29 is 4.79 Å². The summed E-state index contributed by atoms with van der Waals surface area (Å²) >= 11 is 0. The SMILES string of the molecule is C=C(C)NCCCCCC(=O)N(C)C(C)CC. The van der Waals surface area contributed by atoms with Gasteiger partial charge in [-0.3, -0.25) is 4.79 Å². The maximum atomic E-state index is 11.8. The number of hydrogen-bond donors (Lipinski definition) is 1. The minimum absolute atomic E-state index is 0.271. The van der Waals surface area contributed by atoms with Crippen molar-refractivity contribution in [3.8, 4) is 0 Å². The van der Waals surface area contributed by atoms with E-state index in [0.717, 1.165) is 37.9 Å². The summed E-state index contributed by atoms with van der Waals surface area (Å²) in [5.41, 5.74) is 1.01. The highest BCUT2D eigenvalue weighted by Gasteiger charge is 2.12. The zero-order valence-electron chi connectivity index (χ0n) is 11.9. The quantitative estimate of drug-likeness (QED) is 0.628. The third-order valence-corrected chi connectivity index (χ3v) is 3.14. The van der Waals surface area contributed by atoms with Crippen LogP contribution in [0.5, 0.6) is 0 Å². The Morgan fingerprint density at radius 2 is 2.00 bits per heavy atom. The van der Waals surface area contributed by atoms with Gasteiger partial charge in [0.05, 0.1) is 0 Å². The molecule has 17 heavy (non-hydrogen) atoms. The van der Waals surface area contributed by atoms with Crippen LogP contribution in [0.4, 0.5) is 0 Å². The lowest BCUT2D eigenvalue weighted by Crippen LogP contribution is -2.34. The Hall–Kier alpha value is -0.990. The minimum atomic E-state index is 0.271. The van der Waals surface area contributed by atoms with Crippen molar-refractivity contribution in [2.45, 2.75) is 58.9 Å². The molecule has 0 heterocycles. The van der Waals surface area contributed by atoms with E-state index < -0.39 is 0 Å². The topological polar surface area (TPSA) is 32.3 Å². The van der Waals surface area contributed by atoms with Gasteiger partial charge < -0.3 is 10.2 Å². The summed E-state index contributed by atoms with van der Waals surface area (Å²) in [6.07, 6.45) is 4.88. The predicted octanol–water partition coefficient (Wildman–Crippen LogP) is 2.93. The number of allylic oxidation sites excluding steroid dienone is 1. The molecule has 3 heteroatoms. The number of unbranched alkanes of at least 4 members (excludes halogenated alkanes) is 2. The van der Waals surface area contributed by atoms with Crippen LogP contribution in [0.2, 0.25) is 0 Å². The van der Waals surface area contributed by atoms with Gasteiger partial charge in [0.1, 0.15) is 0 Å². The molecule has 1 N–H and O–H groups in total. The summed E-state index contributed by atoms with van der Waals surface area (Å²) in [5, 5.41) is 3.19. The molecule has 0 aliphatic heterocycles. The Morgan fingerprint density at radius 3 is 2.53 bits per heavy atom. The van der Waals surface area contributed by atoms with Crippen molar-refractivity contribution >= 4 is 5.91 Å². The van der Waals surface area contributed by atoms with Crippen molar-refractivity contribution in [1.29, 1.82) is 0 Å². The molecule has 3 nitrogen and oxygen atoms in total. The third kappa shape index (κ3) is 7.83. The van der Waals surface area contributed by atoms with Gasteiger partial charge >= 0.3 is 0 Å². The number of carbonyl (C=O) groups is 1. The fourth-order valence-corrected chi connectivity index (χ4v) is 1.58. The van der Waals surface area contributed by atoms with Crippen molar-refractivity contribution in [1.82, 2.24) is 10.2 Å². The van der Waals surface area contributed by atoms with Crippen LogP contribution in [-0.2, 0) is 4.79 Å². The van der Waals surface area contributed by atoms with Crippen molar-refractivity contribution in [2.75, 3.05) is 13.6 Å². The lowest BCUT2D eigenvalue weighted by molar-refractivity contribution is -0.131. The molecule has 0 spiro atoms. The highest BCUT2D eigenvalue weighted by molar-refractivity contribution is 5.76. The zero-order chi connectivity index (χ0) is 13.3. The highest BCUT2D eigenvalue weighted by atomic mass is 16.2. The Balaban J connectivity index is 3.54. The van der Waals surface area contributed by atoms with Crippen LogP contribution in [0.25, 0.3) is 0 Å². The Labute approximate surface area is 106 Å². The maximum Gasteiger partial charge on any atom is 0.222 e. The Kier molecular flexibility index (Phi) is 8.55. The first-order valence-corrected chi connectivity index (χ1v) is 6.64. The standard InChI is InChI=1S/C14H28N2O/c1-6-13(4)16(5)14(17)10-8-7-9-11-15-12(2)3/h13,15H,2,6-11H2,1,3-5H3. The summed E-state index contributed by atoms with van der Waals surface area (Å²) in [6.45, 7) is 10.9. The van der Waals surface area contributed by atoms with Gasteiger partial charge in [-0.15, -0.1) is 0 Å². The summed E-state index contributed by atoms with van der Waals surface area (Å²) in [4.78, 5) is 13.6. The summed E-state index contributed by atoms with van der Waals surface area (Å²) in [5.74, 6) is 0.271. The van der Waals surface area contributed by atoms with E-state index in [1.807, 2.05) is 18.9 Å². The average Bonchev–Trinajstić information content (AvgIpc) is 2.30. The van der Waals surface area contributed by atoms with Gasteiger partial charge in [-0.25, -0.2) is 0 Å². The van der Waals surface area contributed by atoms with Gasteiger partial charge in [-0.05, 0) is 33.1 Å². The second-order valence-electron chi connectivity index (χ2n) is 4.78. The average molecular weight is 240 g/mol. The molecule has 0 saturated heterocycles. The van der Waals surface area contributed by atoms with Crippen LogP contribution in [0.3, 0.4) is 0 Å². The molecule has 0 aromatic rings. The van der Waals surface area contributed by atoms with Crippen LogP contribution in [0, 0.1) is 0 Å². The van der Waals surface area contributed by atoms with Gasteiger partial charge in [0.25, 0.3) is 0 Å². The van der Waals surface area contributed by atoms with Gasteiger partial charge in [0.15, 0.2) is 0 Å². The fourth-order valence-electron chi connectivity index (χ4n) is 1.58. The van der Waals surface area contributed by atoms with Crippen LogP contribution >= 0.6 is 0 Å². The van der Waals surface area contributed by atoms with E-state index in [4.69, 9.17) is 0 Å². The maximum absolute atomic E-state index is 11.8. The number of carbonyl (C=O) groups excluding carboxylic acids is 1. The van der Waals surface area contributed by atoms with E-state index >= 15 is 0 Å². The van der Waals surface area contributed by atoms with E-state index in [9.17, 15) is 4.79 Å². The molecule has 1 unspecified atom stereocenters. The third-order valence-electron chi connectivity index (χ3n) is 3.14. The first-order chi connectivity index (χ1) is 7.99. The van der Waals surface area contributed by atoms with Crippen molar-refractivity contribution in [3.63, 3.8) is 0 Å². The number of hydrogen-bond acceptors (Lipinski definition) is 2. The van der Waals surface area contributed by atoms with Gasteiger partial charge in [-0.2, -0.15) is 0 Å². The molecule has 0 aliphatic rings. The molecule has 0 aromatic carbocycles. The lowest BCUT2D eigenvalue weighted by Gasteiger charge is -2.23. The van der Waals surface area contributed by atoms with E-state index in [-0.39, 0.29) is 5.91 Å². The second-order valence-corrected chi connectivity index (χ2v) is 4.78. The molecule has 0 rings (SSSR count). The van der Waals surface area contributed by atoms with E-state index in [1.54, 1.807) is 0 Å². The zero-order valence-corrected chi connectivity index (χ0v) is 11.9. The van der Waals surface area contributed by atoms with Gasteiger partial charge in [-0.1, -0.05) is 19.9 Å². The molecular formula is C14H28N2O. The fraction of sp³-hybridized carbons (Fsp3) is 0.786. The number of rotatable bonds is 9. The summed E-state index contributed by atoms with van der Waals surface area (Å²) < 4.78 is 0. The first-order valence-electron chi connectivity index (χ1n) is 6.64. The molecule has 0 aliphatic carbocycles. The molecule has 1 atom stereocenters. The largest absolute Gasteiger partial charge is 0.389 e. The monoisotopic (exact) mass is 240 g/mol. The van der Waals surface area contributed by atoms with E-state index in [2.05, 4.69) is 25.7 Å². The van der Waals surface area contributed by atoms with Crippen molar-refractivity contribution in [3.05, 3.63) is 12.3 Å². The summed E-state index contributed by atoms with van der Waals surface area (Å²) in [7, 11) is 1.90. The molecule has 0 aromatic heterocycles. The Bertz CT molecular complexity index is 238. The van der Waals surface area contributed by atoms with Gasteiger partial charge in [0.2, 0.25) is 5.91 Å². The summed E-state index contributed by atoms with van der Waals surface area (Å²) in [6, 6.07) is 0.354. The lowest BCUT2D eigenvalue weighted by atomic mass is 10.1. The molecule has 1 amide bonds. The first kappa shape index (κ1) is 16.0. The van der Waals surface area contributed by atoms with Crippen LogP contribution in [0.1, 0.15) is 52.9 Å². The van der Waals surface area contributed by atoms with Crippen LogP contribution in [0.15, 0.2) is 12.3 Å². The molecular weight excluding hydrogens is 212 g/mol. The van der Waals surface area contributed by atoms with Crippen LogP contribution in [-0.4, -0.2) is 30.4 Å². The highest BCUT2D eigenvalue weighted by Crippen LogP contribution is 2.06. The molecule has 0 bridgehead atoms. The second kappa shape index (κ2) is 9.08. The Morgan fingerprint density at radius 1 is 1.35 bits per heavy atom. The predicted molar refractivity (Wildman–Crippen MR) is 73.8 cm³/mol. The number of nitrogens with one attached hydrogen (secondary N) is 1. The van der Waals surface area contributed by atoms with Gasteiger partial charge in [0, 0.05) is 31.8 Å². The minimum Gasteiger partial charge on any atom is -0.389 e.